The van der Waals surface area contributed by atoms with E-state index in [1.807, 2.05) is 66.7 Å². The number of imidazole rings is 1. The number of rotatable bonds is 9. The fourth-order valence-electron chi connectivity index (χ4n) is 4.55. The molecule has 0 unspecified atom stereocenters. The molecule has 0 aliphatic rings. The summed E-state index contributed by atoms with van der Waals surface area (Å²) in [7, 11) is 3.28. The van der Waals surface area contributed by atoms with Crippen molar-refractivity contribution in [1.82, 2.24) is 9.55 Å². The first-order valence-electron chi connectivity index (χ1n) is 12.4. The number of ether oxygens (including phenoxy) is 2. The maximum absolute atomic E-state index is 11.3. The number of nitrogens with zero attached hydrogens (tertiary/aromatic N) is 3. The molecule has 1 aromatic heterocycles. The molecule has 0 fully saturated rings. The number of methoxy groups -OCH3 is 2. The lowest BCUT2D eigenvalue weighted by Gasteiger charge is -2.15. The Kier molecular flexibility index (Phi) is 7.23. The molecule has 0 N–H and O–H groups in total. The van der Waals surface area contributed by atoms with Gasteiger partial charge in [-0.2, -0.15) is 0 Å². The van der Waals surface area contributed by atoms with Crippen LogP contribution in [0.1, 0.15) is 11.1 Å². The lowest BCUT2D eigenvalue weighted by molar-refractivity contribution is -0.384. The molecular weight excluding hydrogens is 490 g/mol. The Morgan fingerprint density at radius 1 is 0.846 bits per heavy atom. The largest absolute Gasteiger partial charge is 0.497 e. The minimum Gasteiger partial charge on any atom is -0.497 e. The molecule has 5 aromatic rings. The van der Waals surface area contributed by atoms with Crippen LogP contribution in [0.2, 0.25) is 0 Å². The van der Waals surface area contributed by atoms with Gasteiger partial charge in [-0.1, -0.05) is 30.9 Å². The number of nitro benzene ring substituents is 1. The van der Waals surface area contributed by atoms with Crippen LogP contribution in [-0.4, -0.2) is 28.7 Å². The van der Waals surface area contributed by atoms with Gasteiger partial charge >= 0.3 is 0 Å². The van der Waals surface area contributed by atoms with Gasteiger partial charge in [0.1, 0.15) is 17.3 Å². The molecule has 0 radical (unpaired) electrons. The van der Waals surface area contributed by atoms with Crippen LogP contribution >= 0.6 is 0 Å². The van der Waals surface area contributed by atoms with Gasteiger partial charge in [0.2, 0.25) is 0 Å². The van der Waals surface area contributed by atoms with Gasteiger partial charge in [-0.3, -0.25) is 10.1 Å². The third kappa shape index (κ3) is 5.29. The van der Waals surface area contributed by atoms with Crippen LogP contribution in [0.25, 0.3) is 40.0 Å². The maximum atomic E-state index is 11.3. The molecule has 1 heterocycles. The molecule has 7 heteroatoms. The van der Waals surface area contributed by atoms with Crippen LogP contribution in [0.3, 0.4) is 0 Å². The SMILES string of the molecule is C=Cc1cccc(Cn2c(-c3ccc([N+](=O)[O-])cc3)nc(-c3ccc(OC)cc3)c2-c2ccc(OC)cc2)c1. The second-order valence-electron chi connectivity index (χ2n) is 8.93. The van der Waals surface area contributed by atoms with E-state index in [4.69, 9.17) is 14.5 Å². The van der Waals surface area contributed by atoms with Crippen molar-refractivity contribution < 1.29 is 14.4 Å². The average molecular weight is 518 g/mol. The number of hydrogen-bond acceptors (Lipinski definition) is 5. The minimum atomic E-state index is -0.400. The molecule has 0 spiro atoms. The quantitative estimate of drug-likeness (QED) is 0.149. The van der Waals surface area contributed by atoms with E-state index in [1.54, 1.807) is 26.4 Å². The zero-order valence-electron chi connectivity index (χ0n) is 21.7. The van der Waals surface area contributed by atoms with Gasteiger partial charge in [0.25, 0.3) is 5.69 Å². The topological polar surface area (TPSA) is 79.4 Å². The molecule has 0 saturated carbocycles. The summed E-state index contributed by atoms with van der Waals surface area (Å²) in [5.41, 5.74) is 6.48. The zero-order valence-corrected chi connectivity index (χ0v) is 21.7. The highest BCUT2D eigenvalue weighted by Crippen LogP contribution is 2.38. The van der Waals surface area contributed by atoms with Gasteiger partial charge in [-0.05, 0) is 77.9 Å². The van der Waals surface area contributed by atoms with Gasteiger partial charge < -0.3 is 14.0 Å². The summed E-state index contributed by atoms with van der Waals surface area (Å²) in [6.07, 6.45) is 1.82. The van der Waals surface area contributed by atoms with Gasteiger partial charge in [0.05, 0.1) is 30.5 Å². The van der Waals surface area contributed by atoms with Crippen LogP contribution in [0.4, 0.5) is 5.69 Å². The summed E-state index contributed by atoms with van der Waals surface area (Å²) in [5, 5.41) is 11.3. The van der Waals surface area contributed by atoms with Gasteiger partial charge in [-0.15, -0.1) is 0 Å². The van der Waals surface area contributed by atoms with Gasteiger partial charge in [0, 0.05) is 35.4 Å². The van der Waals surface area contributed by atoms with Crippen molar-refractivity contribution in [3.63, 3.8) is 0 Å². The standard InChI is InChI=1S/C32H27N3O4/c1-4-22-6-5-7-23(20-22)21-34-31(25-12-18-29(39-3)19-13-25)30(24-10-16-28(38-2)17-11-24)33-32(34)26-8-14-27(15-9-26)35(36)37/h4-20H,1,21H2,2-3H3. The molecule has 0 bridgehead atoms. The summed E-state index contributed by atoms with van der Waals surface area (Å²) >= 11 is 0. The first kappa shape index (κ1) is 25.5. The van der Waals surface area contributed by atoms with Crippen LogP contribution < -0.4 is 9.47 Å². The Balaban J connectivity index is 1.77. The van der Waals surface area contributed by atoms with Crippen LogP contribution in [0.15, 0.2) is 104 Å². The lowest BCUT2D eigenvalue weighted by atomic mass is 10.0. The molecule has 0 amide bonds. The van der Waals surface area contributed by atoms with Crippen molar-refractivity contribution in [2.24, 2.45) is 0 Å². The van der Waals surface area contributed by atoms with E-state index in [1.165, 1.54) is 12.1 Å². The highest BCUT2D eigenvalue weighted by Gasteiger charge is 2.22. The molecule has 0 saturated heterocycles. The van der Waals surface area contributed by atoms with E-state index in [0.717, 1.165) is 50.7 Å². The predicted molar refractivity (Wildman–Crippen MR) is 154 cm³/mol. The Hall–Kier alpha value is -5.17. The Morgan fingerprint density at radius 3 is 2.00 bits per heavy atom. The molecule has 0 atom stereocenters. The molecule has 4 aromatic carbocycles. The summed E-state index contributed by atoms with van der Waals surface area (Å²) in [6, 6.07) is 30.3. The summed E-state index contributed by atoms with van der Waals surface area (Å²) in [4.78, 5) is 16.0. The molecular formula is C32H27N3O4. The summed E-state index contributed by atoms with van der Waals surface area (Å²) in [6.45, 7) is 4.44. The fourth-order valence-corrected chi connectivity index (χ4v) is 4.55. The average Bonchev–Trinajstić information content (AvgIpc) is 3.36. The normalized spacial score (nSPS) is 10.7. The molecule has 0 aliphatic heterocycles. The number of aromatic nitrogens is 2. The second-order valence-corrected chi connectivity index (χ2v) is 8.93. The third-order valence-electron chi connectivity index (χ3n) is 6.56. The Morgan fingerprint density at radius 2 is 1.44 bits per heavy atom. The number of hydrogen-bond donors (Lipinski definition) is 0. The smallest absolute Gasteiger partial charge is 0.269 e. The van der Waals surface area contributed by atoms with E-state index in [9.17, 15) is 10.1 Å². The van der Waals surface area contributed by atoms with Crippen molar-refractivity contribution in [3.05, 3.63) is 125 Å². The van der Waals surface area contributed by atoms with Crippen molar-refractivity contribution in [3.8, 4) is 45.4 Å². The van der Waals surface area contributed by atoms with E-state index in [0.29, 0.717) is 12.4 Å². The summed E-state index contributed by atoms with van der Waals surface area (Å²) in [5.74, 6) is 2.21. The molecule has 39 heavy (non-hydrogen) atoms. The van der Waals surface area contributed by atoms with Gasteiger partial charge in [-0.25, -0.2) is 4.98 Å². The Bertz CT molecular complexity index is 1620. The van der Waals surface area contributed by atoms with E-state index < -0.39 is 4.92 Å². The number of benzene rings is 4. The van der Waals surface area contributed by atoms with Crippen molar-refractivity contribution in [2.75, 3.05) is 14.2 Å². The molecule has 0 aliphatic carbocycles. The monoisotopic (exact) mass is 517 g/mol. The number of nitro groups is 1. The van der Waals surface area contributed by atoms with E-state index in [-0.39, 0.29) is 5.69 Å². The predicted octanol–water partition coefficient (Wildman–Crippen LogP) is 7.50. The highest BCUT2D eigenvalue weighted by molar-refractivity contribution is 5.83. The van der Waals surface area contributed by atoms with Crippen molar-refractivity contribution >= 4 is 11.8 Å². The first-order valence-corrected chi connectivity index (χ1v) is 12.4. The third-order valence-corrected chi connectivity index (χ3v) is 6.56. The summed E-state index contributed by atoms with van der Waals surface area (Å²) < 4.78 is 12.9. The lowest BCUT2D eigenvalue weighted by Crippen LogP contribution is -2.05. The molecule has 194 valence electrons. The first-order chi connectivity index (χ1) is 19.0. The fraction of sp³-hybridized carbons (Fsp3) is 0.0938. The number of non-ortho nitro benzene ring substituents is 1. The van der Waals surface area contributed by atoms with Crippen LogP contribution in [0.5, 0.6) is 11.5 Å². The van der Waals surface area contributed by atoms with E-state index in [2.05, 4.69) is 23.3 Å². The van der Waals surface area contributed by atoms with Gasteiger partial charge in [0.15, 0.2) is 0 Å². The van der Waals surface area contributed by atoms with Crippen molar-refractivity contribution in [1.29, 1.82) is 0 Å². The highest BCUT2D eigenvalue weighted by atomic mass is 16.6. The second kappa shape index (κ2) is 11.1. The molecule has 7 nitrogen and oxygen atoms in total. The minimum absolute atomic E-state index is 0.0290. The zero-order chi connectivity index (χ0) is 27.4. The maximum Gasteiger partial charge on any atom is 0.269 e. The van der Waals surface area contributed by atoms with E-state index >= 15 is 0 Å². The van der Waals surface area contributed by atoms with Crippen LogP contribution in [0, 0.1) is 10.1 Å². The van der Waals surface area contributed by atoms with Crippen molar-refractivity contribution in [2.45, 2.75) is 6.54 Å². The van der Waals surface area contributed by atoms with Crippen LogP contribution in [-0.2, 0) is 6.54 Å². The Labute approximate surface area is 226 Å². The molecule has 5 rings (SSSR count).